The molecule has 2 aromatic heterocycles. The molecule has 0 fully saturated rings. The first-order valence-electron chi connectivity index (χ1n) is 6.18. The van der Waals surface area contributed by atoms with Crippen molar-refractivity contribution >= 4 is 11.6 Å². The number of carbonyl (C=O) groups is 1. The van der Waals surface area contributed by atoms with E-state index >= 15 is 0 Å². The van der Waals surface area contributed by atoms with E-state index in [-0.39, 0.29) is 23.5 Å². The van der Waals surface area contributed by atoms with E-state index in [1.807, 2.05) is 20.8 Å². The molecular formula is C12H16N4O4. The predicted molar refractivity (Wildman–Crippen MR) is 71.1 cm³/mol. The van der Waals surface area contributed by atoms with Gasteiger partial charge in [-0.05, 0) is 6.92 Å². The number of ether oxygens (including phenoxy) is 1. The zero-order chi connectivity index (χ0) is 15.1. The SMILES string of the molecule is CCOC(=O)c1c(=O)[nH]n2c(=O)c(C(C)(C)C)n[nH]c12. The molecule has 2 rings (SSSR count). The van der Waals surface area contributed by atoms with Crippen LogP contribution in [0.3, 0.4) is 0 Å². The Kier molecular flexibility index (Phi) is 3.24. The maximum absolute atomic E-state index is 12.3. The first-order chi connectivity index (χ1) is 9.27. The fraction of sp³-hybridized carbons (Fsp3) is 0.500. The highest BCUT2D eigenvalue weighted by atomic mass is 16.5. The maximum Gasteiger partial charge on any atom is 0.347 e. The fourth-order valence-corrected chi connectivity index (χ4v) is 1.83. The summed E-state index contributed by atoms with van der Waals surface area (Å²) in [5.74, 6) is -0.794. The molecule has 2 N–H and O–H groups in total. The number of esters is 1. The number of aromatic nitrogens is 4. The largest absolute Gasteiger partial charge is 0.462 e. The van der Waals surface area contributed by atoms with Crippen molar-refractivity contribution in [3.05, 3.63) is 32.0 Å². The van der Waals surface area contributed by atoms with Crippen LogP contribution in [0.2, 0.25) is 0 Å². The number of hydrogen-bond donors (Lipinski definition) is 2. The Morgan fingerprint density at radius 2 is 2.00 bits per heavy atom. The summed E-state index contributed by atoms with van der Waals surface area (Å²) in [6.07, 6.45) is 0. The van der Waals surface area contributed by atoms with Crippen molar-refractivity contribution in [3.63, 3.8) is 0 Å². The molecule has 8 nitrogen and oxygen atoms in total. The van der Waals surface area contributed by atoms with Crippen molar-refractivity contribution in [2.45, 2.75) is 33.1 Å². The standard InChI is InChI=1S/C12H16N4O4/c1-5-20-11(19)6-8-14-13-7(12(2,3)4)10(18)16(8)15-9(6)17/h14H,5H2,1-4H3,(H,15,17). The summed E-state index contributed by atoms with van der Waals surface area (Å²) in [7, 11) is 0. The molecule has 2 heterocycles. The molecule has 0 unspecified atom stereocenters. The van der Waals surface area contributed by atoms with Crippen LogP contribution < -0.4 is 11.1 Å². The van der Waals surface area contributed by atoms with Crippen molar-refractivity contribution in [3.8, 4) is 0 Å². The molecule has 0 spiro atoms. The Bertz CT molecular complexity index is 775. The molecule has 0 aromatic carbocycles. The molecule has 0 amide bonds. The van der Waals surface area contributed by atoms with Crippen LogP contribution in [0.4, 0.5) is 0 Å². The third-order valence-corrected chi connectivity index (χ3v) is 2.77. The average Bonchev–Trinajstić information content (AvgIpc) is 2.65. The molecule has 0 aliphatic rings. The van der Waals surface area contributed by atoms with Crippen LogP contribution in [-0.4, -0.2) is 32.4 Å². The molecular weight excluding hydrogens is 264 g/mol. The van der Waals surface area contributed by atoms with E-state index in [0.717, 1.165) is 4.52 Å². The number of carbonyl (C=O) groups excluding carboxylic acids is 1. The number of nitrogens with one attached hydrogen (secondary N) is 2. The minimum absolute atomic E-state index is 0.00597. The molecule has 0 aliphatic heterocycles. The van der Waals surface area contributed by atoms with Gasteiger partial charge in [-0.3, -0.25) is 19.8 Å². The van der Waals surface area contributed by atoms with Crippen LogP contribution in [-0.2, 0) is 10.2 Å². The molecule has 0 radical (unpaired) electrons. The van der Waals surface area contributed by atoms with Crippen molar-refractivity contribution in [2.75, 3.05) is 6.61 Å². The van der Waals surface area contributed by atoms with Crippen molar-refractivity contribution in [1.29, 1.82) is 0 Å². The Morgan fingerprint density at radius 1 is 1.35 bits per heavy atom. The lowest BCUT2D eigenvalue weighted by molar-refractivity contribution is 0.0527. The number of hydrogen-bond acceptors (Lipinski definition) is 5. The minimum Gasteiger partial charge on any atom is -0.462 e. The Balaban J connectivity index is 2.76. The second-order valence-corrected chi connectivity index (χ2v) is 5.35. The highest BCUT2D eigenvalue weighted by Crippen LogP contribution is 2.15. The lowest BCUT2D eigenvalue weighted by Crippen LogP contribution is -2.30. The van der Waals surface area contributed by atoms with E-state index in [9.17, 15) is 14.4 Å². The van der Waals surface area contributed by atoms with Crippen LogP contribution in [0.15, 0.2) is 9.59 Å². The molecule has 20 heavy (non-hydrogen) atoms. The lowest BCUT2D eigenvalue weighted by Gasteiger charge is -2.15. The second kappa shape index (κ2) is 4.62. The van der Waals surface area contributed by atoms with E-state index in [2.05, 4.69) is 15.3 Å². The molecule has 0 aliphatic carbocycles. The summed E-state index contributed by atoms with van der Waals surface area (Å²) in [5.41, 5.74) is -1.65. The van der Waals surface area contributed by atoms with Gasteiger partial charge in [-0.15, -0.1) is 0 Å². The number of aromatic amines is 2. The Morgan fingerprint density at radius 3 is 2.55 bits per heavy atom. The number of fused-ring (bicyclic) bond motifs is 1. The third kappa shape index (κ3) is 2.13. The monoisotopic (exact) mass is 280 g/mol. The van der Waals surface area contributed by atoms with Gasteiger partial charge in [0.2, 0.25) is 0 Å². The van der Waals surface area contributed by atoms with Gasteiger partial charge < -0.3 is 4.74 Å². The summed E-state index contributed by atoms with van der Waals surface area (Å²) in [4.78, 5) is 35.8. The van der Waals surface area contributed by atoms with Gasteiger partial charge in [0.1, 0.15) is 5.69 Å². The minimum atomic E-state index is -0.794. The molecule has 108 valence electrons. The fourth-order valence-electron chi connectivity index (χ4n) is 1.83. The molecule has 0 bridgehead atoms. The Hall–Kier alpha value is -2.38. The first kappa shape index (κ1) is 14.0. The van der Waals surface area contributed by atoms with E-state index in [1.54, 1.807) is 6.92 Å². The van der Waals surface area contributed by atoms with Crippen molar-refractivity contribution < 1.29 is 9.53 Å². The first-order valence-corrected chi connectivity index (χ1v) is 6.18. The Labute approximate surface area is 113 Å². The number of H-pyrrole nitrogens is 2. The predicted octanol–water partition coefficient (Wildman–Crippen LogP) is 0.185. The summed E-state index contributed by atoms with van der Waals surface area (Å²) < 4.78 is 5.78. The summed E-state index contributed by atoms with van der Waals surface area (Å²) in [5, 5.41) is 8.87. The van der Waals surface area contributed by atoms with Crippen molar-refractivity contribution in [2.24, 2.45) is 0 Å². The highest BCUT2D eigenvalue weighted by molar-refractivity contribution is 5.95. The molecule has 0 saturated carbocycles. The smallest absolute Gasteiger partial charge is 0.347 e. The summed E-state index contributed by atoms with van der Waals surface area (Å²) in [6.45, 7) is 7.23. The second-order valence-electron chi connectivity index (χ2n) is 5.35. The van der Waals surface area contributed by atoms with Crippen LogP contribution in [0.1, 0.15) is 43.7 Å². The van der Waals surface area contributed by atoms with Gasteiger partial charge in [-0.25, -0.2) is 4.79 Å². The third-order valence-electron chi connectivity index (χ3n) is 2.77. The lowest BCUT2D eigenvalue weighted by atomic mass is 9.93. The molecule has 0 saturated heterocycles. The summed E-state index contributed by atoms with van der Waals surface area (Å²) in [6, 6.07) is 0. The van der Waals surface area contributed by atoms with Gasteiger partial charge in [0.25, 0.3) is 11.1 Å². The summed E-state index contributed by atoms with van der Waals surface area (Å²) >= 11 is 0. The van der Waals surface area contributed by atoms with Gasteiger partial charge in [-0.2, -0.15) is 9.61 Å². The van der Waals surface area contributed by atoms with Crippen LogP contribution >= 0.6 is 0 Å². The van der Waals surface area contributed by atoms with Gasteiger partial charge in [-0.1, -0.05) is 20.8 Å². The van der Waals surface area contributed by atoms with Crippen LogP contribution in [0.5, 0.6) is 0 Å². The van der Waals surface area contributed by atoms with E-state index in [4.69, 9.17) is 4.74 Å². The highest BCUT2D eigenvalue weighted by Gasteiger charge is 2.25. The molecule has 0 atom stereocenters. The van der Waals surface area contributed by atoms with E-state index < -0.39 is 22.5 Å². The van der Waals surface area contributed by atoms with Gasteiger partial charge in [0.15, 0.2) is 11.2 Å². The maximum atomic E-state index is 12.3. The zero-order valence-corrected chi connectivity index (χ0v) is 11.7. The molecule has 8 heteroatoms. The average molecular weight is 280 g/mol. The number of nitrogens with zero attached hydrogens (tertiary/aromatic N) is 2. The van der Waals surface area contributed by atoms with Gasteiger partial charge in [0, 0.05) is 5.41 Å². The molecule has 2 aromatic rings. The van der Waals surface area contributed by atoms with Crippen LogP contribution in [0, 0.1) is 0 Å². The number of rotatable bonds is 2. The normalized spacial score (nSPS) is 11.8. The topological polar surface area (TPSA) is 109 Å². The van der Waals surface area contributed by atoms with Gasteiger partial charge in [0.05, 0.1) is 6.61 Å². The quantitative estimate of drug-likeness (QED) is 0.763. The van der Waals surface area contributed by atoms with E-state index in [0.29, 0.717) is 0 Å². The van der Waals surface area contributed by atoms with Crippen LogP contribution in [0.25, 0.3) is 5.65 Å². The van der Waals surface area contributed by atoms with Crippen molar-refractivity contribution in [1.82, 2.24) is 19.8 Å². The van der Waals surface area contributed by atoms with Gasteiger partial charge >= 0.3 is 5.97 Å². The van der Waals surface area contributed by atoms with E-state index in [1.165, 1.54) is 0 Å². The zero-order valence-electron chi connectivity index (χ0n) is 11.7.